The third-order valence-corrected chi connectivity index (χ3v) is 9.29. The summed E-state index contributed by atoms with van der Waals surface area (Å²) in [6, 6.07) is 11.7. The van der Waals surface area contributed by atoms with Crippen LogP contribution in [-0.2, 0) is 14.3 Å². The maximum Gasteiger partial charge on any atom is 0.245 e. The Balaban J connectivity index is 0.972. The van der Waals surface area contributed by atoms with Gasteiger partial charge in [-0.2, -0.15) is 10.2 Å². The second-order valence-corrected chi connectivity index (χ2v) is 12.4. The van der Waals surface area contributed by atoms with Crippen LogP contribution in [0.4, 0.5) is 26.1 Å². The number of rotatable bonds is 8. The summed E-state index contributed by atoms with van der Waals surface area (Å²) in [4.78, 5) is 42.9. The van der Waals surface area contributed by atoms with Gasteiger partial charge in [0.25, 0.3) is 0 Å². The zero-order valence-electron chi connectivity index (χ0n) is 26.1. The molecule has 13 nitrogen and oxygen atoms in total. The van der Waals surface area contributed by atoms with E-state index >= 15 is 8.78 Å². The molecule has 4 saturated heterocycles. The number of benzene rings is 2. The van der Waals surface area contributed by atoms with Crippen LogP contribution in [-0.4, -0.2) is 113 Å². The molecule has 0 radical (unpaired) electrons. The molecule has 4 fully saturated rings. The van der Waals surface area contributed by atoms with Crippen LogP contribution in [0.2, 0.25) is 0 Å². The molecule has 0 unspecified atom stereocenters. The Morgan fingerprint density at radius 3 is 2.60 bits per heavy atom. The minimum Gasteiger partial charge on any atom is -0.486 e. The lowest BCUT2D eigenvalue weighted by Gasteiger charge is -2.43. The van der Waals surface area contributed by atoms with Crippen LogP contribution >= 0.6 is 0 Å². The smallest absolute Gasteiger partial charge is 0.245 e. The molecule has 250 valence electrons. The van der Waals surface area contributed by atoms with Crippen molar-refractivity contribution in [1.29, 1.82) is 5.26 Å². The van der Waals surface area contributed by atoms with Crippen molar-refractivity contribution in [1.82, 2.24) is 30.1 Å². The van der Waals surface area contributed by atoms with Crippen LogP contribution in [0.15, 0.2) is 42.7 Å². The number of piperazine rings is 1. The zero-order chi connectivity index (χ0) is 33.2. The molecule has 3 atom stereocenters. The number of amides is 2. The van der Waals surface area contributed by atoms with Crippen LogP contribution in [0.5, 0.6) is 5.75 Å². The molecule has 2 aromatic carbocycles. The predicted octanol–water partition coefficient (Wildman–Crippen LogP) is 2.41. The Kier molecular flexibility index (Phi) is 9.00. The van der Waals surface area contributed by atoms with Gasteiger partial charge >= 0.3 is 0 Å². The molecule has 0 aliphatic carbocycles. The highest BCUT2D eigenvalue weighted by molar-refractivity contribution is 5.90. The molecule has 4 aliphatic rings. The van der Waals surface area contributed by atoms with E-state index in [4.69, 9.17) is 9.47 Å². The summed E-state index contributed by atoms with van der Waals surface area (Å²) in [6.45, 7) is 4.86. The van der Waals surface area contributed by atoms with Gasteiger partial charge in [0.1, 0.15) is 36.1 Å². The van der Waals surface area contributed by atoms with Gasteiger partial charge in [0.2, 0.25) is 17.8 Å². The summed E-state index contributed by atoms with van der Waals surface area (Å²) >= 11 is 0. The fourth-order valence-corrected chi connectivity index (χ4v) is 6.49. The van der Waals surface area contributed by atoms with Crippen LogP contribution in [0.3, 0.4) is 0 Å². The lowest BCUT2D eigenvalue weighted by Crippen LogP contribution is -2.56. The number of hydrogen-bond acceptors (Lipinski definition) is 11. The molecule has 5 heterocycles. The number of halogens is 2. The zero-order valence-corrected chi connectivity index (χ0v) is 26.1. The minimum absolute atomic E-state index is 0.156. The molecule has 7 rings (SSSR count). The van der Waals surface area contributed by atoms with Gasteiger partial charge in [-0.1, -0.05) is 0 Å². The van der Waals surface area contributed by atoms with E-state index in [1.165, 1.54) is 17.3 Å². The molecule has 0 saturated carbocycles. The van der Waals surface area contributed by atoms with Crippen LogP contribution < -0.4 is 20.3 Å². The van der Waals surface area contributed by atoms with Crippen molar-refractivity contribution in [2.45, 2.75) is 43.6 Å². The molecule has 2 amide bonds. The predicted molar refractivity (Wildman–Crippen MR) is 170 cm³/mol. The number of nitrogens with zero attached hydrogens (tertiary/aromatic N) is 7. The Bertz CT molecular complexity index is 1730. The van der Waals surface area contributed by atoms with Crippen molar-refractivity contribution in [3.8, 4) is 23.2 Å². The van der Waals surface area contributed by atoms with Gasteiger partial charge in [0.15, 0.2) is 12.0 Å². The van der Waals surface area contributed by atoms with Gasteiger partial charge in [0, 0.05) is 56.8 Å². The molecular formula is C33H35F2N9O4. The summed E-state index contributed by atoms with van der Waals surface area (Å²) in [6.07, 6.45) is -0.0802. The lowest BCUT2D eigenvalue weighted by atomic mass is 10.0. The number of piperidine rings is 1. The Labute approximate surface area is 275 Å². The van der Waals surface area contributed by atoms with E-state index < -0.39 is 18.3 Å². The van der Waals surface area contributed by atoms with E-state index in [-0.39, 0.29) is 66.6 Å². The van der Waals surface area contributed by atoms with E-state index in [0.29, 0.717) is 29.4 Å². The first-order chi connectivity index (χ1) is 23.3. The summed E-state index contributed by atoms with van der Waals surface area (Å²) in [5, 5.41) is 15.5. The van der Waals surface area contributed by atoms with Crippen molar-refractivity contribution >= 4 is 29.1 Å². The average Bonchev–Trinajstić information content (AvgIpc) is 3.51. The highest BCUT2D eigenvalue weighted by Gasteiger charge is 2.38. The lowest BCUT2D eigenvalue weighted by molar-refractivity contribution is -0.138. The van der Waals surface area contributed by atoms with E-state index in [0.717, 1.165) is 39.4 Å². The van der Waals surface area contributed by atoms with Gasteiger partial charge in [-0.15, -0.1) is 0 Å². The molecule has 0 spiro atoms. The molecule has 48 heavy (non-hydrogen) atoms. The van der Waals surface area contributed by atoms with Crippen molar-refractivity contribution in [3.63, 3.8) is 0 Å². The first kappa shape index (κ1) is 31.6. The number of nitrogens with one attached hydrogen (secondary N) is 2. The highest BCUT2D eigenvalue weighted by Crippen LogP contribution is 2.30. The first-order valence-corrected chi connectivity index (χ1v) is 16.1. The van der Waals surface area contributed by atoms with Gasteiger partial charge < -0.3 is 29.9 Å². The number of likely N-dealkylation sites (tertiary alicyclic amines) is 1. The van der Waals surface area contributed by atoms with Crippen molar-refractivity contribution < 1.29 is 27.8 Å². The second-order valence-electron chi connectivity index (χ2n) is 12.4. The van der Waals surface area contributed by atoms with E-state index in [9.17, 15) is 14.9 Å². The molecular weight excluding hydrogens is 624 g/mol. The van der Waals surface area contributed by atoms with Crippen LogP contribution in [0.1, 0.15) is 24.8 Å². The molecule has 15 heteroatoms. The standard InChI is InChI=1S/C33H35F2N9O4/c34-24-14-22(2-4-27(24)43-11-9-42(10-12-43)23-17-47-18-23)39-33-38-19-37-31(41-33)20-1-5-28(21(13-20)15-36)48-29-7-8-44(16-25(29)35)32(46)26-3-6-30(45)40-26/h1-2,4-5,13-14,19,23,25-26,29H,3,6-12,16-18H2,(H,40,45)(H,37,38,39,41)/t25-,26-,29-/m0/s1. The number of anilines is 3. The normalized spacial score (nSPS) is 23.3. The molecule has 3 aromatic rings. The molecule has 0 bridgehead atoms. The number of carbonyl (C=O) groups is 2. The largest absolute Gasteiger partial charge is 0.486 e. The summed E-state index contributed by atoms with van der Waals surface area (Å²) < 4.78 is 41.6. The Morgan fingerprint density at radius 1 is 1.08 bits per heavy atom. The SMILES string of the molecule is N#Cc1cc(-c2ncnc(Nc3ccc(N4CCN(C5COC5)CC4)c(F)c3)n2)ccc1O[C@H]1CCN(C(=O)[C@@H]2CCC(=O)N2)C[C@@H]1F. The Morgan fingerprint density at radius 2 is 1.92 bits per heavy atom. The fraction of sp³-hybridized carbons (Fsp3) is 0.455. The van der Waals surface area contributed by atoms with Crippen LogP contribution in [0.25, 0.3) is 11.4 Å². The number of nitriles is 1. The topological polar surface area (TPSA) is 149 Å². The second kappa shape index (κ2) is 13.7. The number of hydrogen-bond donors (Lipinski definition) is 2. The first-order valence-electron chi connectivity index (χ1n) is 16.1. The number of ether oxygens (including phenoxy) is 2. The van der Waals surface area contributed by atoms with E-state index in [1.54, 1.807) is 30.3 Å². The summed E-state index contributed by atoms with van der Waals surface area (Å²) in [5.41, 5.74) is 1.70. The fourth-order valence-electron chi connectivity index (χ4n) is 6.49. The molecule has 1 aromatic heterocycles. The van der Waals surface area contributed by atoms with Gasteiger partial charge in [0.05, 0.1) is 37.1 Å². The van der Waals surface area contributed by atoms with E-state index in [1.807, 2.05) is 4.90 Å². The third-order valence-electron chi connectivity index (χ3n) is 9.29. The van der Waals surface area contributed by atoms with Crippen molar-refractivity contribution in [2.24, 2.45) is 0 Å². The van der Waals surface area contributed by atoms with E-state index in [2.05, 4.69) is 36.6 Å². The molecule has 2 N–H and O–H groups in total. The van der Waals surface area contributed by atoms with Gasteiger partial charge in [-0.25, -0.2) is 18.7 Å². The maximum absolute atomic E-state index is 15.2. The van der Waals surface area contributed by atoms with Gasteiger partial charge in [-0.05, 0) is 42.8 Å². The van der Waals surface area contributed by atoms with Gasteiger partial charge in [-0.3, -0.25) is 14.5 Å². The monoisotopic (exact) mass is 659 g/mol. The third kappa shape index (κ3) is 6.71. The molecule has 4 aliphatic heterocycles. The van der Waals surface area contributed by atoms with Crippen LogP contribution in [0, 0.1) is 17.1 Å². The number of aromatic nitrogens is 3. The van der Waals surface area contributed by atoms with Crippen molar-refractivity contribution in [2.75, 3.05) is 62.7 Å². The maximum atomic E-state index is 15.2. The Hall–Kier alpha value is -4.94. The average molecular weight is 660 g/mol. The summed E-state index contributed by atoms with van der Waals surface area (Å²) in [5.74, 6) is -0.141. The number of carbonyl (C=O) groups excluding carboxylic acids is 2. The number of alkyl halides is 1. The van der Waals surface area contributed by atoms with Crippen molar-refractivity contribution in [3.05, 3.63) is 54.1 Å². The summed E-state index contributed by atoms with van der Waals surface area (Å²) in [7, 11) is 0. The minimum atomic E-state index is -1.47. The quantitative estimate of drug-likeness (QED) is 0.367. The highest BCUT2D eigenvalue weighted by atomic mass is 19.1.